The fourth-order valence-corrected chi connectivity index (χ4v) is 2.48. The zero-order chi connectivity index (χ0) is 20.4. The summed E-state index contributed by atoms with van der Waals surface area (Å²) >= 11 is 11.8. The molecule has 1 atom stereocenters. The third-order valence-electron chi connectivity index (χ3n) is 4.14. The van der Waals surface area contributed by atoms with Crippen molar-refractivity contribution in [3.63, 3.8) is 0 Å². The van der Waals surface area contributed by atoms with Gasteiger partial charge in [-0.05, 0) is 52.9 Å². The molecule has 0 aromatic heterocycles. The van der Waals surface area contributed by atoms with E-state index in [0.29, 0.717) is 10.0 Å². The Balaban J connectivity index is 0.000000309. The van der Waals surface area contributed by atoms with Crippen molar-refractivity contribution >= 4 is 29.0 Å². The summed E-state index contributed by atoms with van der Waals surface area (Å²) < 4.78 is 5.78. The molecule has 27 heavy (non-hydrogen) atoms. The summed E-state index contributed by atoms with van der Waals surface area (Å²) in [5.41, 5.74) is 1.97. The van der Waals surface area contributed by atoms with Gasteiger partial charge in [-0.15, -0.1) is 0 Å². The van der Waals surface area contributed by atoms with Gasteiger partial charge < -0.3 is 9.64 Å². The number of benzene rings is 2. The second-order valence-corrected chi connectivity index (χ2v) is 7.43. The first-order valence-corrected chi connectivity index (χ1v) is 9.86. The van der Waals surface area contributed by atoms with Crippen LogP contribution in [0.25, 0.3) is 0 Å². The number of ketones is 1. The highest BCUT2D eigenvalue weighted by Gasteiger charge is 2.07. The lowest BCUT2D eigenvalue weighted by atomic mass is 10.1. The fourth-order valence-electron chi connectivity index (χ4n) is 2.19. The standard InChI is InChI=1S/C13H19Cl2NO.C9H10O/c1-4-16(3)8-7-10(2)17-11-5-6-12(14)13(15)9-11;1-7-3-5-9(6-4-7)8(2)10/h5-6,9-10H,4,7-8H2,1-3H3;3-6H,1-2H3. The van der Waals surface area contributed by atoms with Crippen molar-refractivity contribution in [1.29, 1.82) is 0 Å². The average Bonchev–Trinajstić information content (AvgIpc) is 2.63. The second kappa shape index (κ2) is 12.0. The molecule has 2 aromatic carbocycles. The number of nitrogens with zero attached hydrogens (tertiary/aromatic N) is 1. The summed E-state index contributed by atoms with van der Waals surface area (Å²) in [6.07, 6.45) is 1.16. The second-order valence-electron chi connectivity index (χ2n) is 6.61. The maximum atomic E-state index is 10.8. The molecule has 0 aliphatic carbocycles. The number of ether oxygens (including phenoxy) is 1. The Morgan fingerprint density at radius 1 is 1.11 bits per heavy atom. The van der Waals surface area contributed by atoms with E-state index in [1.807, 2.05) is 37.3 Å². The molecular weight excluding hydrogens is 381 g/mol. The van der Waals surface area contributed by atoms with E-state index in [4.69, 9.17) is 27.9 Å². The van der Waals surface area contributed by atoms with Crippen LogP contribution in [0.4, 0.5) is 0 Å². The van der Waals surface area contributed by atoms with Gasteiger partial charge in [-0.2, -0.15) is 0 Å². The molecule has 148 valence electrons. The van der Waals surface area contributed by atoms with Crippen LogP contribution in [0, 0.1) is 6.92 Å². The zero-order valence-electron chi connectivity index (χ0n) is 16.8. The van der Waals surface area contributed by atoms with Gasteiger partial charge in [-0.3, -0.25) is 4.79 Å². The Bertz CT molecular complexity index is 717. The molecule has 0 amide bonds. The Morgan fingerprint density at radius 3 is 2.26 bits per heavy atom. The maximum absolute atomic E-state index is 10.8. The van der Waals surface area contributed by atoms with E-state index in [2.05, 4.69) is 25.8 Å². The van der Waals surface area contributed by atoms with E-state index < -0.39 is 0 Å². The molecule has 5 heteroatoms. The van der Waals surface area contributed by atoms with E-state index >= 15 is 0 Å². The number of carbonyl (C=O) groups excluding carboxylic acids is 1. The molecule has 0 fully saturated rings. The molecule has 0 spiro atoms. The molecule has 3 nitrogen and oxygen atoms in total. The van der Waals surface area contributed by atoms with Gasteiger partial charge in [0.25, 0.3) is 0 Å². The molecular formula is C22H29Cl2NO2. The van der Waals surface area contributed by atoms with Crippen LogP contribution in [0.3, 0.4) is 0 Å². The molecule has 0 saturated carbocycles. The van der Waals surface area contributed by atoms with Crippen LogP contribution in [-0.4, -0.2) is 36.9 Å². The average molecular weight is 410 g/mol. The monoisotopic (exact) mass is 409 g/mol. The van der Waals surface area contributed by atoms with Crippen molar-refractivity contribution in [2.75, 3.05) is 20.1 Å². The lowest BCUT2D eigenvalue weighted by Crippen LogP contribution is -2.24. The lowest BCUT2D eigenvalue weighted by Gasteiger charge is -2.19. The number of aryl methyl sites for hydroxylation is 1. The zero-order valence-corrected chi connectivity index (χ0v) is 18.3. The number of rotatable bonds is 7. The van der Waals surface area contributed by atoms with Gasteiger partial charge in [-0.25, -0.2) is 0 Å². The largest absolute Gasteiger partial charge is 0.491 e. The van der Waals surface area contributed by atoms with Crippen molar-refractivity contribution in [3.8, 4) is 5.75 Å². The SMILES string of the molecule is CC(=O)c1ccc(C)cc1.CCN(C)CCC(C)Oc1ccc(Cl)c(Cl)c1. The van der Waals surface area contributed by atoms with Crippen molar-refractivity contribution in [2.24, 2.45) is 0 Å². The summed E-state index contributed by atoms with van der Waals surface area (Å²) in [4.78, 5) is 13.0. The smallest absolute Gasteiger partial charge is 0.159 e. The van der Waals surface area contributed by atoms with Crippen LogP contribution in [0.1, 0.15) is 43.1 Å². The van der Waals surface area contributed by atoms with Gasteiger partial charge in [0.15, 0.2) is 5.78 Å². The minimum Gasteiger partial charge on any atom is -0.491 e. The summed E-state index contributed by atoms with van der Waals surface area (Å²) in [5, 5.41) is 1.08. The molecule has 1 unspecified atom stereocenters. The summed E-state index contributed by atoms with van der Waals surface area (Å²) in [6, 6.07) is 12.9. The van der Waals surface area contributed by atoms with Gasteiger partial charge in [0.05, 0.1) is 16.1 Å². The first-order valence-electron chi connectivity index (χ1n) is 9.10. The van der Waals surface area contributed by atoms with Crippen molar-refractivity contribution in [2.45, 2.75) is 40.2 Å². The molecule has 2 aromatic rings. The predicted octanol–water partition coefficient (Wildman–Crippen LogP) is 6.30. The highest BCUT2D eigenvalue weighted by Crippen LogP contribution is 2.27. The van der Waals surface area contributed by atoms with Crippen molar-refractivity contribution in [3.05, 3.63) is 63.6 Å². The topological polar surface area (TPSA) is 29.5 Å². The fraction of sp³-hybridized carbons (Fsp3) is 0.409. The molecule has 0 heterocycles. The molecule has 2 rings (SSSR count). The van der Waals surface area contributed by atoms with Crippen LogP contribution < -0.4 is 4.74 Å². The number of hydrogen-bond acceptors (Lipinski definition) is 3. The van der Waals surface area contributed by atoms with Crippen molar-refractivity contribution in [1.82, 2.24) is 4.90 Å². The summed E-state index contributed by atoms with van der Waals surface area (Å²) in [6.45, 7) is 9.86. The Labute approximate surface area is 173 Å². The molecule has 0 radical (unpaired) electrons. The van der Waals surface area contributed by atoms with Crippen LogP contribution in [-0.2, 0) is 0 Å². The summed E-state index contributed by atoms with van der Waals surface area (Å²) in [7, 11) is 2.10. The van der Waals surface area contributed by atoms with Crippen LogP contribution in [0.15, 0.2) is 42.5 Å². The van der Waals surface area contributed by atoms with Crippen LogP contribution in [0.2, 0.25) is 10.0 Å². The number of Topliss-reactive ketones (excluding diaryl/α,β-unsaturated/α-hetero) is 1. The summed E-state index contributed by atoms with van der Waals surface area (Å²) in [5.74, 6) is 0.894. The van der Waals surface area contributed by atoms with Gasteiger partial charge >= 0.3 is 0 Å². The highest BCUT2D eigenvalue weighted by molar-refractivity contribution is 6.42. The first kappa shape index (κ1) is 23.5. The van der Waals surface area contributed by atoms with E-state index in [9.17, 15) is 4.79 Å². The third kappa shape index (κ3) is 9.28. The van der Waals surface area contributed by atoms with Crippen LogP contribution >= 0.6 is 23.2 Å². The molecule has 0 N–H and O–H groups in total. The first-order chi connectivity index (χ1) is 12.7. The van der Waals surface area contributed by atoms with E-state index in [-0.39, 0.29) is 11.9 Å². The highest BCUT2D eigenvalue weighted by atomic mass is 35.5. The van der Waals surface area contributed by atoms with E-state index in [1.165, 1.54) is 5.56 Å². The maximum Gasteiger partial charge on any atom is 0.159 e. The van der Waals surface area contributed by atoms with Gasteiger partial charge in [0.1, 0.15) is 5.75 Å². The Kier molecular flexibility index (Phi) is 10.5. The molecule has 0 saturated heterocycles. The molecule has 0 bridgehead atoms. The lowest BCUT2D eigenvalue weighted by molar-refractivity contribution is 0.101. The Morgan fingerprint density at radius 2 is 1.74 bits per heavy atom. The van der Waals surface area contributed by atoms with E-state index in [1.54, 1.807) is 19.1 Å². The molecule has 0 aliphatic rings. The molecule has 0 aliphatic heterocycles. The predicted molar refractivity (Wildman–Crippen MR) is 116 cm³/mol. The number of halogens is 2. The van der Waals surface area contributed by atoms with Crippen LogP contribution in [0.5, 0.6) is 5.75 Å². The number of hydrogen-bond donors (Lipinski definition) is 0. The quantitative estimate of drug-likeness (QED) is 0.502. The number of carbonyl (C=O) groups is 1. The minimum absolute atomic E-state index is 0.125. The Hall–Kier alpha value is -1.55. The normalized spacial score (nSPS) is 11.6. The van der Waals surface area contributed by atoms with E-state index in [0.717, 1.165) is 30.8 Å². The minimum atomic E-state index is 0.125. The third-order valence-corrected chi connectivity index (χ3v) is 4.88. The van der Waals surface area contributed by atoms with Gasteiger partial charge in [0.2, 0.25) is 0 Å². The van der Waals surface area contributed by atoms with Gasteiger partial charge in [0, 0.05) is 18.2 Å². The van der Waals surface area contributed by atoms with Crippen molar-refractivity contribution < 1.29 is 9.53 Å². The van der Waals surface area contributed by atoms with Gasteiger partial charge in [-0.1, -0.05) is 60.0 Å².